The maximum Gasteiger partial charge on any atom is 0.0268 e. The van der Waals surface area contributed by atoms with Gasteiger partial charge in [-0.2, -0.15) is 0 Å². The van der Waals surface area contributed by atoms with Crippen LogP contribution in [-0.2, 0) is 0 Å². The van der Waals surface area contributed by atoms with Crippen LogP contribution in [0.2, 0.25) is 0 Å². The summed E-state index contributed by atoms with van der Waals surface area (Å²) in [6.45, 7) is 12.7. The highest BCUT2D eigenvalue weighted by Crippen LogP contribution is 2.32. The van der Waals surface area contributed by atoms with Crippen LogP contribution in [0.25, 0.3) is 0 Å². The first-order chi connectivity index (χ1) is 7.97. The van der Waals surface area contributed by atoms with E-state index in [2.05, 4.69) is 51.5 Å². The molecule has 0 radical (unpaired) electrons. The van der Waals surface area contributed by atoms with Crippen molar-refractivity contribution in [2.24, 2.45) is 10.4 Å². The summed E-state index contributed by atoms with van der Waals surface area (Å²) in [5.41, 5.74) is 4.51. The number of hydrogen-bond acceptors (Lipinski definition) is 1. The molecule has 0 bridgehead atoms. The van der Waals surface area contributed by atoms with Crippen molar-refractivity contribution in [3.05, 3.63) is 36.1 Å². The Bertz CT molecular complexity index is 361. The lowest BCUT2D eigenvalue weighted by Gasteiger charge is -2.19. The van der Waals surface area contributed by atoms with E-state index in [0.717, 1.165) is 25.7 Å². The first-order valence-electron chi connectivity index (χ1n) is 6.47. The van der Waals surface area contributed by atoms with Gasteiger partial charge in [0, 0.05) is 18.3 Å². The highest BCUT2D eigenvalue weighted by molar-refractivity contribution is 5.89. The average Bonchev–Trinajstić information content (AvgIpc) is 2.72. The summed E-state index contributed by atoms with van der Waals surface area (Å²) < 4.78 is 0. The number of nitrogens with zero attached hydrogens (tertiary/aromatic N) is 1. The molecule has 17 heavy (non-hydrogen) atoms. The first-order valence-corrected chi connectivity index (χ1v) is 6.47. The van der Waals surface area contributed by atoms with E-state index in [9.17, 15) is 0 Å². The number of rotatable bonds is 5. The molecule has 0 spiro atoms. The van der Waals surface area contributed by atoms with Crippen LogP contribution in [0.4, 0.5) is 0 Å². The van der Waals surface area contributed by atoms with Crippen molar-refractivity contribution < 1.29 is 0 Å². The molecular weight excluding hydrogens is 206 g/mol. The van der Waals surface area contributed by atoms with E-state index in [1.54, 1.807) is 0 Å². The molecule has 1 heterocycles. The lowest BCUT2D eigenvalue weighted by Crippen LogP contribution is -2.10. The third-order valence-corrected chi connectivity index (χ3v) is 3.31. The predicted octanol–water partition coefficient (Wildman–Crippen LogP) is 5.06. The minimum Gasteiger partial charge on any atom is -0.265 e. The maximum absolute atomic E-state index is 4.55. The molecule has 1 rings (SSSR count). The Kier molecular flexibility index (Phi) is 4.92. The molecule has 1 heteroatoms. The fourth-order valence-corrected chi connectivity index (χ4v) is 1.95. The van der Waals surface area contributed by atoms with Gasteiger partial charge in [0.1, 0.15) is 0 Å². The summed E-state index contributed by atoms with van der Waals surface area (Å²) in [5.74, 6) is 0. The normalized spacial score (nSPS) is 16.8. The van der Waals surface area contributed by atoms with Crippen LogP contribution < -0.4 is 0 Å². The zero-order chi connectivity index (χ0) is 12.9. The van der Waals surface area contributed by atoms with Gasteiger partial charge in [-0.1, -0.05) is 38.5 Å². The summed E-state index contributed by atoms with van der Waals surface area (Å²) in [4.78, 5) is 4.55. The van der Waals surface area contributed by atoms with Crippen LogP contribution in [0.5, 0.6) is 0 Å². The zero-order valence-corrected chi connectivity index (χ0v) is 11.7. The molecule has 0 amide bonds. The molecule has 1 aliphatic heterocycles. The number of aliphatic imine (C=N–C) groups is 1. The van der Waals surface area contributed by atoms with Crippen molar-refractivity contribution in [3.8, 4) is 0 Å². The highest BCUT2D eigenvalue weighted by Gasteiger charge is 2.21. The average molecular weight is 231 g/mol. The summed E-state index contributed by atoms with van der Waals surface area (Å²) in [5, 5.41) is 0. The third-order valence-electron chi connectivity index (χ3n) is 3.31. The van der Waals surface area contributed by atoms with Crippen molar-refractivity contribution in [1.29, 1.82) is 0 Å². The summed E-state index contributed by atoms with van der Waals surface area (Å²) >= 11 is 0. The van der Waals surface area contributed by atoms with Crippen LogP contribution in [-0.4, -0.2) is 5.71 Å². The van der Waals surface area contributed by atoms with E-state index >= 15 is 0 Å². The largest absolute Gasteiger partial charge is 0.265 e. The summed E-state index contributed by atoms with van der Waals surface area (Å²) in [6, 6.07) is 0. The Morgan fingerprint density at radius 2 is 2.18 bits per heavy atom. The lowest BCUT2D eigenvalue weighted by molar-refractivity contribution is 0.498. The van der Waals surface area contributed by atoms with E-state index < -0.39 is 0 Å². The van der Waals surface area contributed by atoms with Gasteiger partial charge in [-0.15, -0.1) is 6.58 Å². The second-order valence-corrected chi connectivity index (χ2v) is 5.72. The molecule has 0 N–H and O–H groups in total. The van der Waals surface area contributed by atoms with Gasteiger partial charge in [-0.3, -0.25) is 4.99 Å². The fourth-order valence-electron chi connectivity index (χ4n) is 1.95. The van der Waals surface area contributed by atoms with Gasteiger partial charge in [0.15, 0.2) is 0 Å². The highest BCUT2D eigenvalue weighted by atomic mass is 14.7. The van der Waals surface area contributed by atoms with Crippen LogP contribution in [0.15, 0.2) is 41.1 Å². The van der Waals surface area contributed by atoms with Crippen molar-refractivity contribution in [2.45, 2.75) is 53.4 Å². The first kappa shape index (κ1) is 14.0. The van der Waals surface area contributed by atoms with Crippen molar-refractivity contribution in [3.63, 3.8) is 0 Å². The zero-order valence-electron chi connectivity index (χ0n) is 11.7. The second-order valence-electron chi connectivity index (χ2n) is 5.72. The molecule has 0 unspecified atom stereocenters. The SMILES string of the molecule is C=CC/C(=C\C)CCC1=NC=C(C(C)(C)C)C1. The van der Waals surface area contributed by atoms with Gasteiger partial charge < -0.3 is 0 Å². The van der Waals surface area contributed by atoms with E-state index in [0.29, 0.717) is 0 Å². The maximum atomic E-state index is 4.55. The molecule has 0 saturated carbocycles. The molecule has 0 saturated heterocycles. The number of allylic oxidation sites excluding steroid dienone is 4. The fraction of sp³-hybridized carbons (Fsp3) is 0.562. The smallest absolute Gasteiger partial charge is 0.0268 e. The van der Waals surface area contributed by atoms with Gasteiger partial charge in [-0.05, 0) is 37.2 Å². The Hall–Kier alpha value is -1.11. The van der Waals surface area contributed by atoms with E-state index in [4.69, 9.17) is 0 Å². The second kappa shape index (κ2) is 6.00. The van der Waals surface area contributed by atoms with E-state index in [-0.39, 0.29) is 5.41 Å². The minimum absolute atomic E-state index is 0.260. The molecule has 94 valence electrons. The standard InChI is InChI=1S/C16H25N/c1-6-8-13(7-2)9-10-15-11-14(12-17-15)16(3,4)5/h6-7,12H,1,8-11H2,2-5H3/b13-7+. The summed E-state index contributed by atoms with van der Waals surface area (Å²) in [7, 11) is 0. The lowest BCUT2D eigenvalue weighted by atomic mass is 9.84. The third kappa shape index (κ3) is 4.33. The predicted molar refractivity (Wildman–Crippen MR) is 77.4 cm³/mol. The molecule has 1 nitrogen and oxygen atoms in total. The Labute approximate surface area is 106 Å². The Morgan fingerprint density at radius 1 is 1.47 bits per heavy atom. The van der Waals surface area contributed by atoms with Gasteiger partial charge in [0.25, 0.3) is 0 Å². The van der Waals surface area contributed by atoms with E-state index in [1.165, 1.54) is 16.9 Å². The molecule has 1 aliphatic rings. The van der Waals surface area contributed by atoms with Crippen molar-refractivity contribution in [1.82, 2.24) is 0 Å². The monoisotopic (exact) mass is 231 g/mol. The van der Waals surface area contributed by atoms with Gasteiger partial charge in [0.2, 0.25) is 0 Å². The Balaban J connectivity index is 2.41. The quantitative estimate of drug-likeness (QED) is 0.586. The number of hydrogen-bond donors (Lipinski definition) is 0. The molecule has 0 atom stereocenters. The van der Waals surface area contributed by atoms with Crippen LogP contribution in [0.3, 0.4) is 0 Å². The van der Waals surface area contributed by atoms with Gasteiger partial charge in [0.05, 0.1) is 0 Å². The molecule has 0 aromatic carbocycles. The topological polar surface area (TPSA) is 12.4 Å². The molecule has 0 aromatic heterocycles. The molecule has 0 fully saturated rings. The van der Waals surface area contributed by atoms with Gasteiger partial charge in [-0.25, -0.2) is 0 Å². The van der Waals surface area contributed by atoms with Crippen LogP contribution >= 0.6 is 0 Å². The van der Waals surface area contributed by atoms with Gasteiger partial charge >= 0.3 is 0 Å². The minimum atomic E-state index is 0.260. The molecular formula is C16H25N. The molecule has 0 aromatic rings. The van der Waals surface area contributed by atoms with Crippen molar-refractivity contribution in [2.75, 3.05) is 0 Å². The molecule has 0 aliphatic carbocycles. The van der Waals surface area contributed by atoms with Crippen LogP contribution in [0, 0.1) is 5.41 Å². The summed E-state index contributed by atoms with van der Waals surface area (Å²) in [6.07, 6.45) is 10.5. The van der Waals surface area contributed by atoms with Crippen molar-refractivity contribution >= 4 is 5.71 Å². The van der Waals surface area contributed by atoms with Crippen LogP contribution in [0.1, 0.15) is 53.4 Å². The Morgan fingerprint density at radius 3 is 2.65 bits per heavy atom. The van der Waals surface area contributed by atoms with E-state index in [1.807, 2.05) is 6.08 Å².